The lowest BCUT2D eigenvalue weighted by molar-refractivity contribution is -0.142. The molecule has 0 unspecified atom stereocenters. The van der Waals surface area contributed by atoms with Crippen LogP contribution >= 0.6 is 0 Å². The molecule has 0 fully saturated rings. The number of carbonyl (C=O) groups excluding carboxylic acids is 1. The molecular formula is C12H18O4. The average Bonchev–Trinajstić information content (AvgIpc) is 2.27. The zero-order valence-electron chi connectivity index (χ0n) is 10.1. The quantitative estimate of drug-likeness (QED) is 0.738. The van der Waals surface area contributed by atoms with Crippen LogP contribution in [0.25, 0.3) is 0 Å². The van der Waals surface area contributed by atoms with Crippen LogP contribution in [0.5, 0.6) is 5.75 Å². The van der Waals surface area contributed by atoms with Gasteiger partial charge in [0.1, 0.15) is 12.4 Å². The number of rotatable bonds is 3. The van der Waals surface area contributed by atoms with Crippen molar-refractivity contribution in [3.05, 3.63) is 29.8 Å². The normalized spacial score (nSPS) is 8.75. The molecule has 0 aromatic heterocycles. The van der Waals surface area contributed by atoms with E-state index in [1.807, 2.05) is 24.3 Å². The molecule has 0 saturated carbocycles. The molecule has 0 aliphatic heterocycles. The molecule has 1 aromatic carbocycles. The first-order chi connectivity index (χ1) is 7.65. The predicted molar refractivity (Wildman–Crippen MR) is 61.4 cm³/mol. The average molecular weight is 225 g/mol. The third-order valence-corrected chi connectivity index (χ3v) is 1.62. The number of esters is 1. The van der Waals surface area contributed by atoms with Crippen LogP contribution in [-0.2, 0) is 20.9 Å². The highest BCUT2D eigenvalue weighted by Gasteiger charge is 2.02. The number of benzene rings is 1. The zero-order valence-corrected chi connectivity index (χ0v) is 10.1. The Hall–Kier alpha value is -1.55. The van der Waals surface area contributed by atoms with Gasteiger partial charge in [-0.3, -0.25) is 4.79 Å². The Morgan fingerprint density at radius 3 is 2.25 bits per heavy atom. The van der Waals surface area contributed by atoms with Crippen LogP contribution in [0.2, 0.25) is 0 Å². The van der Waals surface area contributed by atoms with Gasteiger partial charge < -0.3 is 14.2 Å². The Balaban J connectivity index is 0.000000673. The topological polar surface area (TPSA) is 44.8 Å². The smallest absolute Gasteiger partial charge is 0.302 e. The van der Waals surface area contributed by atoms with Crippen LogP contribution in [0.1, 0.15) is 12.5 Å². The first kappa shape index (κ1) is 14.5. The second-order valence-electron chi connectivity index (χ2n) is 3.00. The lowest BCUT2D eigenvalue weighted by Crippen LogP contribution is -2.00. The molecule has 0 aliphatic rings. The number of hydrogen-bond acceptors (Lipinski definition) is 4. The number of carbonyl (C=O) groups is 1. The van der Waals surface area contributed by atoms with Crippen LogP contribution < -0.4 is 4.74 Å². The van der Waals surface area contributed by atoms with Crippen molar-refractivity contribution in [3.8, 4) is 5.75 Å². The van der Waals surface area contributed by atoms with Gasteiger partial charge in [0.25, 0.3) is 0 Å². The summed E-state index contributed by atoms with van der Waals surface area (Å²) in [4.78, 5) is 10.6. The minimum atomic E-state index is -0.286. The molecule has 1 rings (SSSR count). The van der Waals surface area contributed by atoms with Crippen molar-refractivity contribution in [1.29, 1.82) is 0 Å². The molecule has 0 spiro atoms. The number of para-hydroxylation sites is 1. The van der Waals surface area contributed by atoms with Gasteiger partial charge in [0, 0.05) is 26.7 Å². The molecular weight excluding hydrogens is 207 g/mol. The van der Waals surface area contributed by atoms with Gasteiger partial charge in [-0.05, 0) is 6.07 Å². The highest BCUT2D eigenvalue weighted by Crippen LogP contribution is 2.17. The Kier molecular flexibility index (Phi) is 7.89. The molecule has 0 heterocycles. The summed E-state index contributed by atoms with van der Waals surface area (Å²) in [5.74, 6) is 0.453. The molecule has 90 valence electrons. The summed E-state index contributed by atoms with van der Waals surface area (Å²) >= 11 is 0. The Morgan fingerprint density at radius 2 is 1.75 bits per heavy atom. The number of hydrogen-bond donors (Lipinski definition) is 0. The van der Waals surface area contributed by atoms with Crippen molar-refractivity contribution < 1.29 is 19.0 Å². The summed E-state index contributed by atoms with van der Waals surface area (Å²) in [6.07, 6.45) is 0. The number of methoxy groups -OCH3 is 2. The second-order valence-corrected chi connectivity index (χ2v) is 3.00. The summed E-state index contributed by atoms with van der Waals surface area (Å²) in [6, 6.07) is 7.44. The van der Waals surface area contributed by atoms with Gasteiger partial charge in [-0.15, -0.1) is 0 Å². The Bertz CT molecular complexity index is 310. The van der Waals surface area contributed by atoms with Crippen LogP contribution in [0.4, 0.5) is 0 Å². The van der Waals surface area contributed by atoms with Gasteiger partial charge in [-0.1, -0.05) is 18.2 Å². The maximum atomic E-state index is 10.6. The molecule has 0 aliphatic carbocycles. The van der Waals surface area contributed by atoms with Crippen molar-refractivity contribution in [2.45, 2.75) is 13.5 Å². The van der Waals surface area contributed by atoms with Gasteiger partial charge in [0.05, 0.1) is 7.11 Å². The maximum absolute atomic E-state index is 10.6. The minimum Gasteiger partial charge on any atom is -0.496 e. The zero-order chi connectivity index (χ0) is 12.4. The van der Waals surface area contributed by atoms with Crippen molar-refractivity contribution >= 4 is 5.97 Å². The minimum absolute atomic E-state index is 0.263. The molecule has 0 bridgehead atoms. The van der Waals surface area contributed by atoms with Gasteiger partial charge in [-0.2, -0.15) is 0 Å². The van der Waals surface area contributed by atoms with Gasteiger partial charge in [-0.25, -0.2) is 0 Å². The van der Waals surface area contributed by atoms with E-state index in [0.29, 0.717) is 0 Å². The largest absolute Gasteiger partial charge is 0.496 e. The SMILES string of the molecule is CC(=O)OCc1ccccc1O[11CH3].COC. The highest BCUT2D eigenvalue weighted by molar-refractivity contribution is 5.66. The third-order valence-electron chi connectivity index (χ3n) is 1.62. The van der Waals surface area contributed by atoms with Crippen molar-refractivity contribution in [3.63, 3.8) is 0 Å². The summed E-state index contributed by atoms with van der Waals surface area (Å²) in [7, 11) is 4.84. The van der Waals surface area contributed by atoms with E-state index in [0.717, 1.165) is 11.3 Å². The van der Waals surface area contributed by atoms with Gasteiger partial charge in [0.2, 0.25) is 0 Å². The molecule has 4 nitrogen and oxygen atoms in total. The summed E-state index contributed by atoms with van der Waals surface area (Å²) in [5, 5.41) is 0. The molecule has 0 amide bonds. The van der Waals surface area contributed by atoms with Crippen molar-refractivity contribution in [1.82, 2.24) is 0 Å². The lowest BCUT2D eigenvalue weighted by atomic mass is 10.2. The molecule has 0 radical (unpaired) electrons. The van der Waals surface area contributed by atoms with E-state index in [-0.39, 0.29) is 12.6 Å². The second kappa shape index (κ2) is 8.73. The van der Waals surface area contributed by atoms with Crippen molar-refractivity contribution in [2.24, 2.45) is 0 Å². The third kappa shape index (κ3) is 6.03. The van der Waals surface area contributed by atoms with Crippen LogP contribution in [0, 0.1) is 0 Å². The maximum Gasteiger partial charge on any atom is 0.302 e. The van der Waals surface area contributed by atoms with Gasteiger partial charge in [0.15, 0.2) is 0 Å². The van der Waals surface area contributed by atoms with Crippen LogP contribution in [-0.4, -0.2) is 27.3 Å². The van der Waals surface area contributed by atoms with Crippen molar-refractivity contribution in [2.75, 3.05) is 21.3 Å². The standard InChI is InChI=1S/C10H12O3.C2H6O/c1-8(11)13-7-9-5-3-4-6-10(9)12-2;1-3-2/h3-6H,7H2,1-2H3;1-2H3/i2-1;. The molecule has 0 saturated heterocycles. The predicted octanol–water partition coefficient (Wildman–Crippen LogP) is 2.02. The highest BCUT2D eigenvalue weighted by atomic mass is 16.5. The van der Waals surface area contributed by atoms with E-state index >= 15 is 0 Å². The van der Waals surface area contributed by atoms with Crippen LogP contribution in [0.15, 0.2) is 24.3 Å². The monoisotopic (exact) mass is 225 g/mol. The van der Waals surface area contributed by atoms with E-state index in [9.17, 15) is 4.79 Å². The molecule has 4 heteroatoms. The molecule has 1 aromatic rings. The Labute approximate surface area is 96.1 Å². The van der Waals surface area contributed by atoms with E-state index in [1.165, 1.54) is 6.92 Å². The van der Waals surface area contributed by atoms with E-state index < -0.39 is 0 Å². The fourth-order valence-corrected chi connectivity index (χ4v) is 1.00. The van der Waals surface area contributed by atoms with E-state index in [2.05, 4.69) is 4.74 Å². The van der Waals surface area contributed by atoms with E-state index in [1.54, 1.807) is 21.3 Å². The fourth-order valence-electron chi connectivity index (χ4n) is 1.00. The van der Waals surface area contributed by atoms with Crippen LogP contribution in [0.3, 0.4) is 0 Å². The first-order valence-electron chi connectivity index (χ1n) is 4.81. The Morgan fingerprint density at radius 1 is 1.19 bits per heavy atom. The lowest BCUT2D eigenvalue weighted by Gasteiger charge is -2.07. The summed E-state index contributed by atoms with van der Waals surface area (Å²) in [6.45, 7) is 1.65. The summed E-state index contributed by atoms with van der Waals surface area (Å²) < 4.78 is 14.2. The summed E-state index contributed by atoms with van der Waals surface area (Å²) in [5.41, 5.74) is 0.875. The van der Waals surface area contributed by atoms with Gasteiger partial charge >= 0.3 is 5.97 Å². The van der Waals surface area contributed by atoms with E-state index in [4.69, 9.17) is 9.47 Å². The first-order valence-corrected chi connectivity index (χ1v) is 4.81. The molecule has 0 N–H and O–H groups in total. The molecule has 16 heavy (non-hydrogen) atoms. The molecule has 0 atom stereocenters. The fraction of sp³-hybridized carbons (Fsp3) is 0.417. The number of ether oxygens (including phenoxy) is 3.